The number of thiophene rings is 1. The summed E-state index contributed by atoms with van der Waals surface area (Å²) in [5, 5.41) is 14.7. The molecular weight excluding hydrogens is 280 g/mol. The topological polar surface area (TPSA) is 69.4 Å². The van der Waals surface area contributed by atoms with Crippen LogP contribution in [0.3, 0.4) is 0 Å². The predicted molar refractivity (Wildman–Crippen MR) is 72.4 cm³/mol. The van der Waals surface area contributed by atoms with Crippen molar-refractivity contribution >= 4 is 33.3 Å². The zero-order valence-corrected chi connectivity index (χ0v) is 11.8. The second kappa shape index (κ2) is 4.24. The second-order valence-electron chi connectivity index (χ2n) is 4.49. The molecule has 0 aromatic carbocycles. The molecule has 6 nitrogen and oxygen atoms in total. The Labute approximate surface area is 117 Å². The van der Waals surface area contributed by atoms with E-state index in [-0.39, 0.29) is 0 Å². The van der Waals surface area contributed by atoms with Crippen LogP contribution in [0.25, 0.3) is 10.2 Å². The van der Waals surface area contributed by atoms with E-state index >= 15 is 0 Å². The fraction of sp³-hybridized carbons (Fsp3) is 0.364. The van der Waals surface area contributed by atoms with Crippen molar-refractivity contribution in [2.75, 3.05) is 0 Å². The van der Waals surface area contributed by atoms with Crippen molar-refractivity contribution in [2.45, 2.75) is 36.0 Å². The highest BCUT2D eigenvalue weighted by atomic mass is 32.2. The van der Waals surface area contributed by atoms with Gasteiger partial charge in [-0.05, 0) is 48.0 Å². The van der Waals surface area contributed by atoms with Crippen LogP contribution in [0.15, 0.2) is 22.6 Å². The molecule has 1 aliphatic carbocycles. The van der Waals surface area contributed by atoms with E-state index in [2.05, 4.69) is 38.5 Å². The first-order chi connectivity index (χ1) is 9.31. The largest absolute Gasteiger partial charge is 0.229 e. The highest BCUT2D eigenvalue weighted by molar-refractivity contribution is 7.99. The number of aryl methyl sites for hydroxylation is 1. The summed E-state index contributed by atoms with van der Waals surface area (Å²) in [6.45, 7) is 2.08. The van der Waals surface area contributed by atoms with Gasteiger partial charge in [-0.25, -0.2) is 14.6 Å². The van der Waals surface area contributed by atoms with E-state index in [9.17, 15) is 0 Å². The monoisotopic (exact) mass is 290 g/mol. The third kappa shape index (κ3) is 2.00. The lowest BCUT2D eigenvalue weighted by Crippen LogP contribution is -1.98. The van der Waals surface area contributed by atoms with Crippen LogP contribution in [-0.4, -0.2) is 30.2 Å². The van der Waals surface area contributed by atoms with Gasteiger partial charge in [0, 0.05) is 10.3 Å². The minimum absolute atomic E-state index is 0.471. The van der Waals surface area contributed by atoms with Gasteiger partial charge in [-0.3, -0.25) is 0 Å². The van der Waals surface area contributed by atoms with Gasteiger partial charge in [0.25, 0.3) is 0 Å². The van der Waals surface area contributed by atoms with Crippen molar-refractivity contribution in [1.29, 1.82) is 0 Å². The summed E-state index contributed by atoms with van der Waals surface area (Å²) in [5.41, 5.74) is 0. The van der Waals surface area contributed by atoms with Gasteiger partial charge in [0.05, 0.1) is 6.04 Å². The van der Waals surface area contributed by atoms with Crippen LogP contribution in [0.4, 0.5) is 0 Å². The van der Waals surface area contributed by atoms with Crippen molar-refractivity contribution in [3.05, 3.63) is 17.3 Å². The average molecular weight is 290 g/mol. The third-order valence-electron chi connectivity index (χ3n) is 2.96. The van der Waals surface area contributed by atoms with Crippen LogP contribution >= 0.6 is 23.1 Å². The predicted octanol–water partition coefficient (Wildman–Crippen LogP) is 2.47. The lowest BCUT2D eigenvalue weighted by molar-refractivity contribution is 0.565. The average Bonchev–Trinajstić information content (AvgIpc) is 3.01. The van der Waals surface area contributed by atoms with Crippen molar-refractivity contribution in [3.63, 3.8) is 0 Å². The van der Waals surface area contributed by atoms with Crippen molar-refractivity contribution in [1.82, 2.24) is 30.2 Å². The molecule has 96 valence electrons. The van der Waals surface area contributed by atoms with Gasteiger partial charge >= 0.3 is 0 Å². The first-order valence-corrected chi connectivity index (χ1v) is 7.61. The number of fused-ring (bicyclic) bond motifs is 1. The number of tetrazole rings is 1. The summed E-state index contributed by atoms with van der Waals surface area (Å²) in [7, 11) is 0. The summed E-state index contributed by atoms with van der Waals surface area (Å²) < 4.78 is 1.90. The summed E-state index contributed by atoms with van der Waals surface area (Å²) in [4.78, 5) is 10.9. The molecule has 3 aromatic heterocycles. The van der Waals surface area contributed by atoms with Crippen LogP contribution in [-0.2, 0) is 0 Å². The van der Waals surface area contributed by atoms with Crippen LogP contribution in [0.1, 0.15) is 23.8 Å². The summed E-state index contributed by atoms with van der Waals surface area (Å²) in [6, 6.07) is 2.59. The van der Waals surface area contributed by atoms with Crippen LogP contribution < -0.4 is 0 Å². The molecule has 4 rings (SSSR count). The molecule has 3 aromatic rings. The molecule has 1 fully saturated rings. The standard InChI is InChI=1S/C11H10N6S2/c1-6-4-8-9(18-6)12-5-13-10(8)19-11-14-15-16-17(11)7-2-3-7/h4-5,7H,2-3H2,1H3. The quantitative estimate of drug-likeness (QED) is 0.690. The van der Waals surface area contributed by atoms with Crippen LogP contribution in [0.5, 0.6) is 0 Å². The molecule has 1 aliphatic rings. The van der Waals surface area contributed by atoms with Crippen molar-refractivity contribution in [3.8, 4) is 0 Å². The van der Waals surface area contributed by atoms with E-state index in [1.54, 1.807) is 17.7 Å². The first-order valence-electron chi connectivity index (χ1n) is 5.98. The number of hydrogen-bond acceptors (Lipinski definition) is 7. The molecule has 0 aliphatic heterocycles. The minimum atomic E-state index is 0.471. The van der Waals surface area contributed by atoms with E-state index in [0.29, 0.717) is 6.04 Å². The molecule has 19 heavy (non-hydrogen) atoms. The van der Waals surface area contributed by atoms with Gasteiger partial charge in [-0.15, -0.1) is 16.4 Å². The van der Waals surface area contributed by atoms with E-state index < -0.39 is 0 Å². The molecule has 0 N–H and O–H groups in total. The molecule has 0 atom stereocenters. The number of hydrogen-bond donors (Lipinski definition) is 0. The first kappa shape index (κ1) is 11.3. The van der Waals surface area contributed by atoms with Gasteiger partial charge < -0.3 is 0 Å². The Balaban J connectivity index is 1.76. The van der Waals surface area contributed by atoms with E-state index in [4.69, 9.17) is 0 Å². The van der Waals surface area contributed by atoms with Gasteiger partial charge in [0.2, 0.25) is 5.16 Å². The maximum Gasteiger partial charge on any atom is 0.215 e. The fourth-order valence-electron chi connectivity index (χ4n) is 1.92. The van der Waals surface area contributed by atoms with E-state index in [0.717, 1.165) is 33.2 Å². The zero-order chi connectivity index (χ0) is 12.8. The van der Waals surface area contributed by atoms with E-state index in [1.807, 2.05) is 4.68 Å². The molecule has 0 saturated heterocycles. The molecule has 0 unspecified atom stereocenters. The fourth-order valence-corrected chi connectivity index (χ4v) is 3.73. The Bertz CT molecular complexity index is 745. The second-order valence-corrected chi connectivity index (χ2v) is 6.68. The molecule has 0 bridgehead atoms. The third-order valence-corrected chi connectivity index (χ3v) is 4.89. The van der Waals surface area contributed by atoms with Crippen molar-refractivity contribution < 1.29 is 0 Å². The lowest BCUT2D eigenvalue weighted by Gasteiger charge is -2.02. The van der Waals surface area contributed by atoms with Gasteiger partial charge in [0.15, 0.2) is 0 Å². The Morgan fingerprint density at radius 2 is 2.26 bits per heavy atom. The highest BCUT2D eigenvalue weighted by Gasteiger charge is 2.28. The minimum Gasteiger partial charge on any atom is -0.229 e. The van der Waals surface area contributed by atoms with Crippen LogP contribution in [0.2, 0.25) is 0 Å². The Kier molecular flexibility index (Phi) is 2.52. The molecule has 3 heterocycles. The molecular formula is C11H10N6S2. The zero-order valence-electron chi connectivity index (χ0n) is 10.1. The number of rotatable bonds is 3. The maximum absolute atomic E-state index is 4.37. The van der Waals surface area contributed by atoms with Gasteiger partial charge in [-0.1, -0.05) is 0 Å². The van der Waals surface area contributed by atoms with E-state index in [1.165, 1.54) is 16.6 Å². The van der Waals surface area contributed by atoms with Gasteiger partial charge in [-0.2, -0.15) is 0 Å². The SMILES string of the molecule is Cc1cc2c(Sc3nnnn3C3CC3)ncnc2s1. The maximum atomic E-state index is 4.37. The normalized spacial score (nSPS) is 15.2. The van der Waals surface area contributed by atoms with Crippen LogP contribution in [0, 0.1) is 6.92 Å². The number of nitrogens with zero attached hydrogens (tertiary/aromatic N) is 6. The lowest BCUT2D eigenvalue weighted by atomic mass is 10.4. The Hall–Kier alpha value is -1.54. The smallest absolute Gasteiger partial charge is 0.215 e. The molecule has 0 radical (unpaired) electrons. The Morgan fingerprint density at radius 1 is 1.37 bits per heavy atom. The highest BCUT2D eigenvalue weighted by Crippen LogP contribution is 2.39. The molecule has 1 saturated carbocycles. The Morgan fingerprint density at radius 3 is 3.11 bits per heavy atom. The molecule has 0 spiro atoms. The summed E-state index contributed by atoms with van der Waals surface area (Å²) in [5.74, 6) is 0. The summed E-state index contributed by atoms with van der Waals surface area (Å²) in [6.07, 6.45) is 3.93. The van der Waals surface area contributed by atoms with Crippen molar-refractivity contribution in [2.24, 2.45) is 0 Å². The summed E-state index contributed by atoms with van der Waals surface area (Å²) >= 11 is 3.19. The molecule has 0 amide bonds. The van der Waals surface area contributed by atoms with Gasteiger partial charge in [0.1, 0.15) is 16.2 Å². The molecule has 8 heteroatoms. The number of aromatic nitrogens is 6.